The quantitative estimate of drug-likeness (QED) is 0.721. The van der Waals surface area contributed by atoms with E-state index >= 15 is 0 Å². The van der Waals surface area contributed by atoms with E-state index in [1.807, 2.05) is 6.07 Å². The number of hydrogen-bond donors (Lipinski definition) is 1. The van der Waals surface area contributed by atoms with Crippen LogP contribution in [0.5, 0.6) is 5.75 Å². The topological polar surface area (TPSA) is 30.5 Å². The van der Waals surface area contributed by atoms with Crippen LogP contribution in [0.25, 0.3) is 0 Å². The van der Waals surface area contributed by atoms with Crippen molar-refractivity contribution < 1.29 is 9.47 Å². The number of nitrogens with one attached hydrogen (secondary N) is 1. The van der Waals surface area contributed by atoms with Gasteiger partial charge in [0.05, 0.1) is 0 Å². The second-order valence-corrected chi connectivity index (χ2v) is 4.75. The van der Waals surface area contributed by atoms with Gasteiger partial charge in [0.25, 0.3) is 0 Å². The largest absolute Gasteiger partial charge is 0.489 e. The maximum atomic E-state index is 5.91. The molecule has 1 rings (SSSR count). The smallest absolute Gasteiger partial charge is 0.122 e. The van der Waals surface area contributed by atoms with E-state index in [1.54, 1.807) is 7.11 Å². The number of hydrogen-bond acceptors (Lipinski definition) is 3. The van der Waals surface area contributed by atoms with Crippen molar-refractivity contribution in [3.8, 4) is 5.75 Å². The Morgan fingerprint density at radius 1 is 1.28 bits per heavy atom. The monoisotopic (exact) mass is 251 g/mol. The fraction of sp³-hybridized carbons (Fsp3) is 0.600. The normalized spacial score (nSPS) is 12.4. The summed E-state index contributed by atoms with van der Waals surface area (Å²) < 4.78 is 10.9. The third-order valence-corrected chi connectivity index (χ3v) is 2.79. The molecule has 0 aromatic heterocycles. The molecular weight excluding hydrogens is 226 g/mol. The molecule has 0 bridgehead atoms. The van der Waals surface area contributed by atoms with E-state index in [-0.39, 0.29) is 6.10 Å². The summed E-state index contributed by atoms with van der Waals surface area (Å²) >= 11 is 0. The Bertz CT molecular complexity index is 352. The number of benzene rings is 1. The number of ether oxygens (including phenoxy) is 2. The van der Waals surface area contributed by atoms with Crippen LogP contribution in [0.4, 0.5) is 0 Å². The van der Waals surface area contributed by atoms with Crippen LogP contribution in [-0.2, 0) is 4.74 Å². The van der Waals surface area contributed by atoms with Crippen LogP contribution in [-0.4, -0.2) is 32.9 Å². The van der Waals surface area contributed by atoms with Gasteiger partial charge in [-0.3, -0.25) is 0 Å². The second kappa shape index (κ2) is 8.11. The Kier molecular flexibility index (Phi) is 6.76. The van der Waals surface area contributed by atoms with E-state index in [0.29, 0.717) is 0 Å². The molecule has 0 saturated carbocycles. The minimum atomic E-state index is 0.175. The predicted molar refractivity (Wildman–Crippen MR) is 75.4 cm³/mol. The summed E-state index contributed by atoms with van der Waals surface area (Å²) in [6.07, 6.45) is 1.21. The van der Waals surface area contributed by atoms with Crippen LogP contribution in [0, 0.1) is 13.8 Å². The first kappa shape index (κ1) is 15.0. The van der Waals surface area contributed by atoms with Gasteiger partial charge in [0.2, 0.25) is 0 Å². The molecule has 0 aliphatic heterocycles. The maximum absolute atomic E-state index is 5.91. The van der Waals surface area contributed by atoms with E-state index in [1.165, 1.54) is 11.1 Å². The summed E-state index contributed by atoms with van der Waals surface area (Å²) in [5.74, 6) is 0.979. The van der Waals surface area contributed by atoms with Gasteiger partial charge in [-0.25, -0.2) is 0 Å². The minimum absolute atomic E-state index is 0.175. The summed E-state index contributed by atoms with van der Waals surface area (Å²) in [6.45, 7) is 8.89. The molecule has 0 aliphatic carbocycles. The summed E-state index contributed by atoms with van der Waals surface area (Å²) in [7, 11) is 1.73. The first-order chi connectivity index (χ1) is 8.63. The van der Waals surface area contributed by atoms with E-state index in [2.05, 4.69) is 38.2 Å². The van der Waals surface area contributed by atoms with Crippen molar-refractivity contribution in [2.45, 2.75) is 33.3 Å². The van der Waals surface area contributed by atoms with Gasteiger partial charge in [0.1, 0.15) is 11.9 Å². The first-order valence-corrected chi connectivity index (χ1v) is 6.57. The van der Waals surface area contributed by atoms with E-state index in [9.17, 15) is 0 Å². The average Bonchev–Trinajstić information content (AvgIpc) is 2.32. The molecule has 0 radical (unpaired) electrons. The van der Waals surface area contributed by atoms with Gasteiger partial charge in [-0.05, 0) is 45.4 Å². The van der Waals surface area contributed by atoms with E-state index in [0.717, 1.165) is 31.9 Å². The van der Waals surface area contributed by atoms with Crippen molar-refractivity contribution in [2.75, 3.05) is 26.8 Å². The van der Waals surface area contributed by atoms with Crippen molar-refractivity contribution in [1.29, 1.82) is 0 Å². The molecule has 0 fully saturated rings. The molecule has 0 aliphatic rings. The zero-order valence-electron chi connectivity index (χ0n) is 12.0. The van der Waals surface area contributed by atoms with Crippen LogP contribution in [0.1, 0.15) is 24.5 Å². The van der Waals surface area contributed by atoms with E-state index < -0.39 is 0 Å². The Morgan fingerprint density at radius 2 is 2.06 bits per heavy atom. The fourth-order valence-corrected chi connectivity index (χ4v) is 1.84. The standard InChI is InChI=1S/C15H25NO2/c1-12-6-7-15(13(2)10-12)18-14(3)11-16-8-5-9-17-4/h6-7,10,14,16H,5,8-9,11H2,1-4H3. The Balaban J connectivity index is 2.28. The SMILES string of the molecule is COCCCNCC(C)Oc1ccc(C)cc1C. The molecule has 3 heteroatoms. The Labute approximate surface area is 110 Å². The van der Waals surface area contributed by atoms with Gasteiger partial charge < -0.3 is 14.8 Å². The average molecular weight is 251 g/mol. The van der Waals surface area contributed by atoms with Crippen LogP contribution in [0.15, 0.2) is 18.2 Å². The third kappa shape index (κ3) is 5.52. The van der Waals surface area contributed by atoms with Crippen LogP contribution < -0.4 is 10.1 Å². The lowest BCUT2D eigenvalue weighted by molar-refractivity contribution is 0.188. The lowest BCUT2D eigenvalue weighted by atomic mass is 10.1. The van der Waals surface area contributed by atoms with Gasteiger partial charge in [-0.1, -0.05) is 17.7 Å². The number of methoxy groups -OCH3 is 1. The van der Waals surface area contributed by atoms with Gasteiger partial charge in [0, 0.05) is 20.3 Å². The van der Waals surface area contributed by atoms with Gasteiger partial charge in [-0.2, -0.15) is 0 Å². The summed E-state index contributed by atoms with van der Waals surface area (Å²) in [4.78, 5) is 0. The highest BCUT2D eigenvalue weighted by Gasteiger charge is 2.05. The van der Waals surface area contributed by atoms with Gasteiger partial charge in [-0.15, -0.1) is 0 Å². The van der Waals surface area contributed by atoms with Gasteiger partial charge >= 0.3 is 0 Å². The Morgan fingerprint density at radius 3 is 2.72 bits per heavy atom. The minimum Gasteiger partial charge on any atom is -0.489 e. The van der Waals surface area contributed by atoms with E-state index in [4.69, 9.17) is 9.47 Å². The molecule has 1 N–H and O–H groups in total. The third-order valence-electron chi connectivity index (χ3n) is 2.79. The summed E-state index contributed by atoms with van der Waals surface area (Å²) in [6, 6.07) is 6.28. The lowest BCUT2D eigenvalue weighted by Gasteiger charge is -2.17. The van der Waals surface area contributed by atoms with Crippen molar-refractivity contribution >= 4 is 0 Å². The molecule has 102 valence electrons. The van der Waals surface area contributed by atoms with Crippen molar-refractivity contribution in [2.24, 2.45) is 0 Å². The van der Waals surface area contributed by atoms with Crippen LogP contribution >= 0.6 is 0 Å². The fourth-order valence-electron chi connectivity index (χ4n) is 1.84. The molecule has 1 unspecified atom stereocenters. The first-order valence-electron chi connectivity index (χ1n) is 6.57. The highest BCUT2D eigenvalue weighted by atomic mass is 16.5. The highest BCUT2D eigenvalue weighted by Crippen LogP contribution is 2.19. The molecule has 0 saturated heterocycles. The maximum Gasteiger partial charge on any atom is 0.122 e. The molecule has 0 amide bonds. The van der Waals surface area contributed by atoms with Crippen LogP contribution in [0.3, 0.4) is 0 Å². The Hall–Kier alpha value is -1.06. The summed E-state index contributed by atoms with van der Waals surface area (Å²) in [5.41, 5.74) is 2.46. The number of rotatable bonds is 8. The highest BCUT2D eigenvalue weighted by molar-refractivity contribution is 5.35. The second-order valence-electron chi connectivity index (χ2n) is 4.75. The molecule has 18 heavy (non-hydrogen) atoms. The molecule has 1 aromatic carbocycles. The lowest BCUT2D eigenvalue weighted by Crippen LogP contribution is -2.30. The molecule has 1 aromatic rings. The zero-order chi connectivity index (χ0) is 13.4. The van der Waals surface area contributed by atoms with Gasteiger partial charge in [0.15, 0.2) is 0 Å². The zero-order valence-corrected chi connectivity index (χ0v) is 12.0. The van der Waals surface area contributed by atoms with Crippen molar-refractivity contribution in [3.05, 3.63) is 29.3 Å². The molecule has 0 heterocycles. The van der Waals surface area contributed by atoms with Crippen molar-refractivity contribution in [3.63, 3.8) is 0 Å². The summed E-state index contributed by atoms with van der Waals surface area (Å²) in [5, 5.41) is 3.37. The van der Waals surface area contributed by atoms with Crippen LogP contribution in [0.2, 0.25) is 0 Å². The molecule has 0 spiro atoms. The molecular formula is C15H25NO2. The van der Waals surface area contributed by atoms with Crippen molar-refractivity contribution in [1.82, 2.24) is 5.32 Å². The number of aryl methyl sites for hydroxylation is 2. The molecule has 1 atom stereocenters. The predicted octanol–water partition coefficient (Wildman–Crippen LogP) is 2.70. The molecule has 3 nitrogen and oxygen atoms in total.